The van der Waals surface area contributed by atoms with Crippen LogP contribution in [0.15, 0.2) is 41.8 Å². The van der Waals surface area contributed by atoms with E-state index in [-0.39, 0.29) is 5.91 Å². The van der Waals surface area contributed by atoms with Gasteiger partial charge in [0.25, 0.3) is 5.91 Å². The molecule has 2 aliphatic heterocycles. The summed E-state index contributed by atoms with van der Waals surface area (Å²) < 4.78 is 0. The number of hydrogen-bond acceptors (Lipinski definition) is 4. The van der Waals surface area contributed by atoms with Crippen LogP contribution in [0.3, 0.4) is 0 Å². The van der Waals surface area contributed by atoms with E-state index in [1.54, 1.807) is 0 Å². The van der Waals surface area contributed by atoms with E-state index in [2.05, 4.69) is 39.4 Å². The molecule has 2 aliphatic rings. The Morgan fingerprint density at radius 3 is 3.00 bits per heavy atom. The quantitative estimate of drug-likeness (QED) is 0.929. The van der Waals surface area contributed by atoms with Crippen molar-refractivity contribution in [2.75, 3.05) is 37.6 Å². The van der Waals surface area contributed by atoms with Crippen LogP contribution in [0.4, 0.5) is 5.69 Å². The number of amides is 1. The summed E-state index contributed by atoms with van der Waals surface area (Å²) in [6.07, 6.45) is 2.41. The highest BCUT2D eigenvalue weighted by atomic mass is 32.1. The fourth-order valence-corrected chi connectivity index (χ4v) is 4.47. The molecule has 126 valence electrons. The van der Waals surface area contributed by atoms with Crippen molar-refractivity contribution in [3.8, 4) is 0 Å². The third kappa shape index (κ3) is 3.19. The number of para-hydroxylation sites is 1. The molecule has 0 radical (unpaired) electrons. The van der Waals surface area contributed by atoms with Crippen LogP contribution >= 0.6 is 11.3 Å². The minimum absolute atomic E-state index is 0.0511. The Hall–Kier alpha value is -1.85. The third-order valence-electron chi connectivity index (χ3n) is 5.07. The maximum Gasteiger partial charge on any atom is 0.261 e. The van der Waals surface area contributed by atoms with Crippen LogP contribution in [0.5, 0.6) is 0 Å². The van der Waals surface area contributed by atoms with Crippen molar-refractivity contribution in [3.63, 3.8) is 0 Å². The number of hydrogen-bond donors (Lipinski definition) is 1. The van der Waals surface area contributed by atoms with Gasteiger partial charge in [-0.1, -0.05) is 24.3 Å². The first-order chi connectivity index (χ1) is 11.8. The van der Waals surface area contributed by atoms with Gasteiger partial charge in [-0.15, -0.1) is 11.3 Å². The van der Waals surface area contributed by atoms with Gasteiger partial charge in [0.15, 0.2) is 0 Å². The van der Waals surface area contributed by atoms with Crippen LogP contribution in [-0.2, 0) is 6.42 Å². The number of carbonyl (C=O) groups excluding carboxylic acids is 1. The number of piperazine rings is 1. The molecule has 0 bridgehead atoms. The van der Waals surface area contributed by atoms with Crippen molar-refractivity contribution in [2.45, 2.75) is 18.9 Å². The van der Waals surface area contributed by atoms with Crippen molar-refractivity contribution < 1.29 is 4.79 Å². The largest absolute Gasteiger partial charge is 0.366 e. The molecule has 5 heteroatoms. The van der Waals surface area contributed by atoms with Gasteiger partial charge >= 0.3 is 0 Å². The standard InChI is InChI=1S/C19H23N3OS/c23-19(18-6-3-13-24-18)20-9-10-21-11-12-22-16(14-21)8-7-15-4-1-2-5-17(15)22/h1-6,13,16H,7-12,14H2,(H,20,23). The summed E-state index contributed by atoms with van der Waals surface area (Å²) in [4.78, 5) is 17.9. The van der Waals surface area contributed by atoms with Crippen molar-refractivity contribution >= 4 is 22.9 Å². The van der Waals surface area contributed by atoms with E-state index < -0.39 is 0 Å². The van der Waals surface area contributed by atoms with Crippen molar-refractivity contribution in [1.82, 2.24) is 10.2 Å². The van der Waals surface area contributed by atoms with Crippen LogP contribution in [0, 0.1) is 0 Å². The molecule has 0 saturated carbocycles. The first-order valence-corrected chi connectivity index (χ1v) is 9.58. The van der Waals surface area contributed by atoms with E-state index >= 15 is 0 Å². The second-order valence-corrected chi connectivity index (χ2v) is 7.50. The SMILES string of the molecule is O=C(NCCN1CCN2c3ccccc3CCC2C1)c1cccs1. The molecule has 1 fully saturated rings. The lowest BCUT2D eigenvalue weighted by Crippen LogP contribution is -2.56. The van der Waals surface area contributed by atoms with Gasteiger partial charge in [-0.05, 0) is 35.9 Å². The Kier molecular flexibility index (Phi) is 4.54. The molecule has 1 unspecified atom stereocenters. The average molecular weight is 341 g/mol. The maximum absolute atomic E-state index is 12.0. The van der Waals surface area contributed by atoms with Gasteiger partial charge in [0.1, 0.15) is 0 Å². The molecule has 1 N–H and O–H groups in total. The Morgan fingerprint density at radius 1 is 1.21 bits per heavy atom. The van der Waals surface area contributed by atoms with Gasteiger partial charge in [-0.2, -0.15) is 0 Å². The van der Waals surface area contributed by atoms with Crippen LogP contribution in [-0.4, -0.2) is 49.6 Å². The molecule has 3 heterocycles. The normalized spacial score (nSPS) is 20.3. The molecule has 0 aliphatic carbocycles. The van der Waals surface area contributed by atoms with E-state index in [4.69, 9.17) is 0 Å². The number of thiophene rings is 1. The summed E-state index contributed by atoms with van der Waals surface area (Å²) in [6.45, 7) is 4.91. The van der Waals surface area contributed by atoms with Gasteiger partial charge in [0, 0.05) is 44.5 Å². The van der Waals surface area contributed by atoms with E-state index in [0.29, 0.717) is 6.04 Å². The topological polar surface area (TPSA) is 35.6 Å². The van der Waals surface area contributed by atoms with Crippen LogP contribution in [0.2, 0.25) is 0 Å². The summed E-state index contributed by atoms with van der Waals surface area (Å²) in [5.41, 5.74) is 2.92. The van der Waals surface area contributed by atoms with E-state index in [1.807, 2.05) is 17.5 Å². The molecule has 2 aromatic rings. The second-order valence-electron chi connectivity index (χ2n) is 6.55. The molecule has 1 saturated heterocycles. The van der Waals surface area contributed by atoms with Crippen LogP contribution < -0.4 is 10.2 Å². The Balaban J connectivity index is 1.29. The van der Waals surface area contributed by atoms with Gasteiger partial charge in [0.05, 0.1) is 4.88 Å². The molecular formula is C19H23N3OS. The highest BCUT2D eigenvalue weighted by molar-refractivity contribution is 7.12. The smallest absolute Gasteiger partial charge is 0.261 e. The number of anilines is 1. The minimum atomic E-state index is 0.0511. The molecule has 1 amide bonds. The zero-order chi connectivity index (χ0) is 16.4. The number of carbonyl (C=O) groups is 1. The van der Waals surface area contributed by atoms with E-state index in [0.717, 1.165) is 37.6 Å². The number of aryl methyl sites for hydroxylation is 1. The van der Waals surface area contributed by atoms with Crippen molar-refractivity contribution in [1.29, 1.82) is 0 Å². The zero-order valence-corrected chi connectivity index (χ0v) is 14.6. The lowest BCUT2D eigenvalue weighted by Gasteiger charge is -2.46. The van der Waals surface area contributed by atoms with E-state index in [9.17, 15) is 4.79 Å². The molecule has 1 aromatic heterocycles. The highest BCUT2D eigenvalue weighted by Crippen LogP contribution is 2.32. The first-order valence-electron chi connectivity index (χ1n) is 8.70. The summed E-state index contributed by atoms with van der Waals surface area (Å²) in [6, 6.07) is 13.2. The van der Waals surface area contributed by atoms with Crippen LogP contribution in [0.25, 0.3) is 0 Å². The highest BCUT2D eigenvalue weighted by Gasteiger charge is 2.31. The summed E-state index contributed by atoms with van der Waals surface area (Å²) in [5.74, 6) is 0.0511. The molecule has 4 nitrogen and oxygen atoms in total. The second kappa shape index (κ2) is 6.95. The van der Waals surface area contributed by atoms with Crippen LogP contribution in [0.1, 0.15) is 21.7 Å². The number of fused-ring (bicyclic) bond motifs is 3. The molecule has 1 atom stereocenters. The first kappa shape index (κ1) is 15.7. The Bertz CT molecular complexity index is 700. The third-order valence-corrected chi connectivity index (χ3v) is 5.94. The lowest BCUT2D eigenvalue weighted by atomic mass is 9.94. The molecule has 4 rings (SSSR count). The number of rotatable bonds is 4. The van der Waals surface area contributed by atoms with E-state index in [1.165, 1.54) is 35.4 Å². The van der Waals surface area contributed by atoms with Gasteiger partial charge in [-0.25, -0.2) is 0 Å². The Morgan fingerprint density at radius 2 is 2.12 bits per heavy atom. The van der Waals surface area contributed by atoms with Gasteiger partial charge < -0.3 is 10.2 Å². The molecule has 0 spiro atoms. The summed E-state index contributed by atoms with van der Waals surface area (Å²) in [5, 5.41) is 4.98. The zero-order valence-electron chi connectivity index (χ0n) is 13.8. The summed E-state index contributed by atoms with van der Waals surface area (Å²) in [7, 11) is 0. The monoisotopic (exact) mass is 341 g/mol. The van der Waals surface area contributed by atoms with Crippen molar-refractivity contribution in [3.05, 3.63) is 52.2 Å². The lowest BCUT2D eigenvalue weighted by molar-refractivity contribution is 0.0950. The maximum atomic E-state index is 12.0. The molecule has 24 heavy (non-hydrogen) atoms. The summed E-state index contributed by atoms with van der Waals surface area (Å²) >= 11 is 1.49. The predicted molar refractivity (Wildman–Crippen MR) is 99.0 cm³/mol. The minimum Gasteiger partial charge on any atom is -0.366 e. The van der Waals surface area contributed by atoms with Gasteiger partial charge in [0.2, 0.25) is 0 Å². The fourth-order valence-electron chi connectivity index (χ4n) is 3.83. The number of benzene rings is 1. The molecular weight excluding hydrogens is 318 g/mol. The number of nitrogens with zero attached hydrogens (tertiary/aromatic N) is 2. The van der Waals surface area contributed by atoms with Crippen molar-refractivity contribution in [2.24, 2.45) is 0 Å². The fraction of sp³-hybridized carbons (Fsp3) is 0.421. The average Bonchev–Trinajstić information content (AvgIpc) is 3.16. The predicted octanol–water partition coefficient (Wildman–Crippen LogP) is 2.61. The molecule has 1 aromatic carbocycles. The van der Waals surface area contributed by atoms with Gasteiger partial charge in [-0.3, -0.25) is 9.69 Å². The number of nitrogens with one attached hydrogen (secondary N) is 1. The Labute approximate surface area is 147 Å².